The molecule has 4 nitrogen and oxygen atoms in total. The van der Waals surface area contributed by atoms with Crippen LogP contribution in [0.3, 0.4) is 0 Å². The number of carbonyl (C=O) groups is 1. The molecule has 0 fully saturated rings. The van der Waals surface area contributed by atoms with Crippen molar-refractivity contribution >= 4 is 5.91 Å². The molecule has 0 saturated heterocycles. The average Bonchev–Trinajstić information content (AvgIpc) is 2.27. The first-order valence-electron chi connectivity index (χ1n) is 5.95. The molecule has 1 aromatic heterocycles. The van der Waals surface area contributed by atoms with Gasteiger partial charge in [-0.3, -0.25) is 9.78 Å². The molecule has 94 valence electrons. The summed E-state index contributed by atoms with van der Waals surface area (Å²) in [4.78, 5) is 15.8. The number of aryl methyl sites for hydroxylation is 1. The van der Waals surface area contributed by atoms with Crippen molar-refractivity contribution in [2.75, 3.05) is 6.54 Å². The Labute approximate surface area is 102 Å². The van der Waals surface area contributed by atoms with Crippen LogP contribution in [0.25, 0.3) is 0 Å². The van der Waals surface area contributed by atoms with Crippen molar-refractivity contribution in [3.8, 4) is 0 Å². The van der Waals surface area contributed by atoms with E-state index in [9.17, 15) is 4.79 Å². The molecule has 0 aliphatic rings. The number of nitrogens with one attached hydrogen (secondary N) is 1. The maximum atomic E-state index is 11.6. The fraction of sp³-hybridized carbons (Fsp3) is 0.538. The van der Waals surface area contributed by atoms with Gasteiger partial charge in [0.25, 0.3) is 0 Å². The Morgan fingerprint density at radius 3 is 3.00 bits per heavy atom. The van der Waals surface area contributed by atoms with Crippen LogP contribution in [0.5, 0.6) is 0 Å². The van der Waals surface area contributed by atoms with E-state index in [1.165, 1.54) is 0 Å². The number of carbonyl (C=O) groups excluding carboxylic acids is 1. The molecule has 0 radical (unpaired) electrons. The molecule has 17 heavy (non-hydrogen) atoms. The number of hydrogen-bond acceptors (Lipinski definition) is 3. The molecule has 0 bridgehead atoms. The second kappa shape index (κ2) is 7.01. The van der Waals surface area contributed by atoms with Gasteiger partial charge < -0.3 is 10.4 Å². The number of nitrogens with zero attached hydrogens (tertiary/aromatic N) is 1. The van der Waals surface area contributed by atoms with Gasteiger partial charge in [0.15, 0.2) is 0 Å². The molecular formula is C13H20N2O2. The van der Waals surface area contributed by atoms with Gasteiger partial charge in [0.2, 0.25) is 5.91 Å². The summed E-state index contributed by atoms with van der Waals surface area (Å²) in [6.07, 6.45) is 3.22. The van der Waals surface area contributed by atoms with Crippen molar-refractivity contribution in [3.63, 3.8) is 0 Å². The fourth-order valence-corrected chi connectivity index (χ4v) is 1.54. The van der Waals surface area contributed by atoms with Crippen molar-refractivity contribution in [1.29, 1.82) is 0 Å². The number of aliphatic hydroxyl groups is 1. The highest BCUT2D eigenvalue weighted by Crippen LogP contribution is 2.03. The average molecular weight is 236 g/mol. The van der Waals surface area contributed by atoms with E-state index in [0.717, 1.165) is 17.7 Å². The number of pyridine rings is 1. The summed E-state index contributed by atoms with van der Waals surface area (Å²) in [6.45, 7) is 4.30. The molecule has 4 heteroatoms. The van der Waals surface area contributed by atoms with Crippen LogP contribution in [0, 0.1) is 6.92 Å². The van der Waals surface area contributed by atoms with Crippen LogP contribution in [-0.4, -0.2) is 28.6 Å². The number of aromatic nitrogens is 1. The maximum absolute atomic E-state index is 11.6. The molecule has 1 aromatic rings. The molecule has 2 N–H and O–H groups in total. The summed E-state index contributed by atoms with van der Waals surface area (Å²) in [6, 6.07) is 3.81. The predicted molar refractivity (Wildman–Crippen MR) is 66.6 cm³/mol. The molecule has 1 rings (SSSR count). The van der Waals surface area contributed by atoms with E-state index in [0.29, 0.717) is 19.4 Å². The summed E-state index contributed by atoms with van der Waals surface area (Å²) in [5, 5.41) is 11.9. The van der Waals surface area contributed by atoms with E-state index in [-0.39, 0.29) is 12.0 Å². The van der Waals surface area contributed by atoms with Gasteiger partial charge in [-0.2, -0.15) is 0 Å². The molecule has 0 aromatic carbocycles. The minimum absolute atomic E-state index is 0.0163. The first kappa shape index (κ1) is 13.6. The Bertz CT molecular complexity index is 364. The van der Waals surface area contributed by atoms with Crippen LogP contribution >= 0.6 is 0 Å². The third-order valence-corrected chi connectivity index (χ3v) is 2.57. The van der Waals surface area contributed by atoms with Crippen molar-refractivity contribution in [2.24, 2.45) is 0 Å². The van der Waals surface area contributed by atoms with Crippen molar-refractivity contribution in [2.45, 2.75) is 39.2 Å². The quantitative estimate of drug-likeness (QED) is 0.730. The first-order chi connectivity index (χ1) is 8.09. The molecule has 1 amide bonds. The highest BCUT2D eigenvalue weighted by atomic mass is 16.3. The van der Waals surface area contributed by atoms with Crippen LogP contribution in [0.1, 0.15) is 31.0 Å². The summed E-state index contributed by atoms with van der Waals surface area (Å²) < 4.78 is 0. The Hall–Kier alpha value is -1.42. The molecule has 0 spiro atoms. The van der Waals surface area contributed by atoms with Crippen LogP contribution in [0.4, 0.5) is 0 Å². The third-order valence-electron chi connectivity index (χ3n) is 2.57. The lowest BCUT2D eigenvalue weighted by molar-refractivity contribution is -0.120. The lowest BCUT2D eigenvalue weighted by Crippen LogP contribution is -2.27. The Kier molecular flexibility index (Phi) is 5.63. The van der Waals surface area contributed by atoms with Crippen molar-refractivity contribution in [1.82, 2.24) is 10.3 Å². The summed E-state index contributed by atoms with van der Waals surface area (Å²) in [5.41, 5.74) is 1.85. The van der Waals surface area contributed by atoms with Gasteiger partial charge in [-0.25, -0.2) is 0 Å². The largest absolute Gasteiger partial charge is 0.393 e. The van der Waals surface area contributed by atoms with Gasteiger partial charge in [-0.1, -0.05) is 6.07 Å². The Morgan fingerprint density at radius 1 is 1.59 bits per heavy atom. The number of aliphatic hydroxyl groups excluding tert-OH is 1. The van der Waals surface area contributed by atoms with Crippen molar-refractivity contribution < 1.29 is 9.90 Å². The van der Waals surface area contributed by atoms with E-state index >= 15 is 0 Å². The maximum Gasteiger partial charge on any atom is 0.226 e. The first-order valence-corrected chi connectivity index (χ1v) is 5.95. The van der Waals surface area contributed by atoms with E-state index in [2.05, 4.69) is 10.3 Å². The van der Waals surface area contributed by atoms with E-state index < -0.39 is 0 Å². The highest BCUT2D eigenvalue weighted by Gasteiger charge is 2.06. The van der Waals surface area contributed by atoms with Crippen LogP contribution in [0.15, 0.2) is 18.3 Å². The van der Waals surface area contributed by atoms with E-state index in [1.54, 1.807) is 13.1 Å². The second-order valence-corrected chi connectivity index (χ2v) is 4.28. The van der Waals surface area contributed by atoms with Gasteiger partial charge in [0.05, 0.1) is 18.2 Å². The zero-order valence-corrected chi connectivity index (χ0v) is 10.4. The van der Waals surface area contributed by atoms with Gasteiger partial charge >= 0.3 is 0 Å². The monoisotopic (exact) mass is 236 g/mol. The molecule has 0 saturated carbocycles. The minimum atomic E-state index is -0.301. The standard InChI is InChI=1S/C13H20N2O2/c1-10-5-3-7-14-12(10)9-13(17)15-8-4-6-11(2)16/h3,5,7,11,16H,4,6,8-9H2,1-2H3,(H,15,17). The highest BCUT2D eigenvalue weighted by molar-refractivity contribution is 5.78. The lowest BCUT2D eigenvalue weighted by Gasteiger charge is -2.07. The predicted octanol–water partition coefficient (Wildman–Crippen LogP) is 1.21. The van der Waals surface area contributed by atoms with Crippen LogP contribution in [0.2, 0.25) is 0 Å². The molecule has 1 atom stereocenters. The van der Waals surface area contributed by atoms with Crippen LogP contribution in [-0.2, 0) is 11.2 Å². The van der Waals surface area contributed by atoms with E-state index in [4.69, 9.17) is 5.11 Å². The van der Waals surface area contributed by atoms with E-state index in [1.807, 2.05) is 19.1 Å². The third kappa shape index (κ3) is 5.45. The number of amides is 1. The van der Waals surface area contributed by atoms with Gasteiger partial charge in [-0.15, -0.1) is 0 Å². The SMILES string of the molecule is Cc1cccnc1CC(=O)NCCCC(C)O. The summed E-state index contributed by atoms with van der Waals surface area (Å²) in [7, 11) is 0. The molecular weight excluding hydrogens is 216 g/mol. The molecule has 1 unspecified atom stereocenters. The van der Waals surface area contributed by atoms with Gasteiger partial charge in [0.1, 0.15) is 0 Å². The summed E-state index contributed by atoms with van der Waals surface area (Å²) in [5.74, 6) is -0.0163. The number of hydrogen-bond donors (Lipinski definition) is 2. The minimum Gasteiger partial charge on any atom is -0.393 e. The fourth-order valence-electron chi connectivity index (χ4n) is 1.54. The van der Waals surface area contributed by atoms with Crippen molar-refractivity contribution in [3.05, 3.63) is 29.6 Å². The Morgan fingerprint density at radius 2 is 2.35 bits per heavy atom. The zero-order chi connectivity index (χ0) is 12.7. The van der Waals surface area contributed by atoms with Gasteiger partial charge in [-0.05, 0) is 38.3 Å². The lowest BCUT2D eigenvalue weighted by atomic mass is 10.1. The number of rotatable bonds is 6. The Balaban J connectivity index is 2.28. The molecule has 0 aliphatic carbocycles. The normalized spacial score (nSPS) is 12.2. The topological polar surface area (TPSA) is 62.2 Å². The summed E-state index contributed by atoms with van der Waals surface area (Å²) >= 11 is 0. The molecule has 0 aliphatic heterocycles. The van der Waals surface area contributed by atoms with Crippen LogP contribution < -0.4 is 5.32 Å². The smallest absolute Gasteiger partial charge is 0.226 e. The molecule has 1 heterocycles. The van der Waals surface area contributed by atoms with Gasteiger partial charge in [0, 0.05) is 12.7 Å². The second-order valence-electron chi connectivity index (χ2n) is 4.28. The zero-order valence-electron chi connectivity index (χ0n) is 10.4.